The minimum absolute atomic E-state index is 0.269. The number of rotatable bonds is 6. The van der Waals surface area contributed by atoms with Crippen molar-refractivity contribution in [2.24, 2.45) is 22.5 Å². The molecule has 0 aromatic rings. The molecule has 0 aliphatic carbocycles. The summed E-state index contributed by atoms with van der Waals surface area (Å²) in [5.74, 6) is 0.693. The maximum atomic E-state index is 5.95. The van der Waals surface area contributed by atoms with Crippen LogP contribution in [0.15, 0.2) is 0 Å². The zero-order valence-electron chi connectivity index (χ0n) is 12.0. The third kappa shape index (κ3) is 4.23. The van der Waals surface area contributed by atoms with E-state index in [1.165, 1.54) is 0 Å². The van der Waals surface area contributed by atoms with Crippen LogP contribution in [-0.2, 0) is 4.74 Å². The molecule has 0 saturated carbocycles. The van der Waals surface area contributed by atoms with E-state index < -0.39 is 0 Å². The highest BCUT2D eigenvalue weighted by molar-refractivity contribution is 4.86. The van der Waals surface area contributed by atoms with Crippen LogP contribution in [0.25, 0.3) is 0 Å². The van der Waals surface area contributed by atoms with Gasteiger partial charge in [-0.05, 0) is 36.1 Å². The molecule has 17 heavy (non-hydrogen) atoms. The molecule has 1 aliphatic heterocycles. The average molecular weight is 242 g/mol. The molecule has 1 saturated heterocycles. The van der Waals surface area contributed by atoms with E-state index in [9.17, 15) is 0 Å². The molecular weight excluding hydrogens is 212 g/mol. The summed E-state index contributed by atoms with van der Waals surface area (Å²) in [4.78, 5) is 0. The van der Waals surface area contributed by atoms with Crippen LogP contribution >= 0.6 is 0 Å². The lowest BCUT2D eigenvalue weighted by atomic mass is 9.78. The highest BCUT2D eigenvalue weighted by atomic mass is 16.5. The number of hydrogen-bond donors (Lipinski definition) is 2. The summed E-state index contributed by atoms with van der Waals surface area (Å²) in [5.41, 5.74) is 6.57. The lowest BCUT2D eigenvalue weighted by Gasteiger charge is -2.38. The van der Waals surface area contributed by atoms with Gasteiger partial charge in [0.15, 0.2) is 0 Å². The number of hydrogen-bond acceptors (Lipinski definition) is 3. The Morgan fingerprint density at radius 3 is 2.35 bits per heavy atom. The van der Waals surface area contributed by atoms with Crippen molar-refractivity contribution in [1.29, 1.82) is 0 Å². The van der Waals surface area contributed by atoms with E-state index in [-0.39, 0.29) is 5.41 Å². The Kier molecular flexibility index (Phi) is 5.42. The Morgan fingerprint density at radius 2 is 1.88 bits per heavy atom. The Morgan fingerprint density at radius 1 is 1.29 bits per heavy atom. The Bertz CT molecular complexity index is 220. The van der Waals surface area contributed by atoms with Crippen molar-refractivity contribution in [1.82, 2.24) is 5.32 Å². The van der Waals surface area contributed by atoms with Gasteiger partial charge in [-0.1, -0.05) is 27.7 Å². The second-order valence-electron chi connectivity index (χ2n) is 6.56. The maximum Gasteiger partial charge on any atom is 0.0472 e. The van der Waals surface area contributed by atoms with Gasteiger partial charge in [0.1, 0.15) is 0 Å². The van der Waals surface area contributed by atoms with Gasteiger partial charge in [0.2, 0.25) is 0 Å². The van der Waals surface area contributed by atoms with Crippen molar-refractivity contribution in [2.45, 2.75) is 40.5 Å². The van der Waals surface area contributed by atoms with Crippen LogP contribution in [0.4, 0.5) is 0 Å². The van der Waals surface area contributed by atoms with Crippen molar-refractivity contribution in [3.63, 3.8) is 0 Å². The van der Waals surface area contributed by atoms with Crippen LogP contribution in [0.2, 0.25) is 0 Å². The molecule has 1 fully saturated rings. The molecule has 0 atom stereocenters. The number of nitrogens with two attached hydrogens (primary N) is 1. The van der Waals surface area contributed by atoms with Gasteiger partial charge in [0.05, 0.1) is 0 Å². The zero-order chi connectivity index (χ0) is 12.9. The quantitative estimate of drug-likeness (QED) is 0.749. The molecule has 3 heteroatoms. The molecule has 1 rings (SSSR count). The highest BCUT2D eigenvalue weighted by Crippen LogP contribution is 2.29. The SMILES string of the molecule is CC(C)C(C)(C)CNCC1(CN)CCOCC1. The summed E-state index contributed by atoms with van der Waals surface area (Å²) in [6, 6.07) is 0. The molecule has 3 nitrogen and oxygen atoms in total. The summed E-state index contributed by atoms with van der Waals surface area (Å²) < 4.78 is 5.43. The van der Waals surface area contributed by atoms with Crippen LogP contribution in [0, 0.1) is 16.7 Å². The van der Waals surface area contributed by atoms with Gasteiger partial charge in [-0.25, -0.2) is 0 Å². The molecule has 0 aromatic carbocycles. The average Bonchev–Trinajstić information content (AvgIpc) is 2.30. The van der Waals surface area contributed by atoms with Gasteiger partial charge in [-0.2, -0.15) is 0 Å². The van der Waals surface area contributed by atoms with Crippen LogP contribution in [0.5, 0.6) is 0 Å². The lowest BCUT2D eigenvalue weighted by Crippen LogP contribution is -2.46. The van der Waals surface area contributed by atoms with Gasteiger partial charge >= 0.3 is 0 Å². The first-order valence-electron chi connectivity index (χ1n) is 6.90. The van der Waals surface area contributed by atoms with E-state index in [0.29, 0.717) is 11.3 Å². The van der Waals surface area contributed by atoms with Gasteiger partial charge in [0, 0.05) is 26.3 Å². The van der Waals surface area contributed by atoms with E-state index in [2.05, 4.69) is 33.0 Å². The fraction of sp³-hybridized carbons (Fsp3) is 1.00. The summed E-state index contributed by atoms with van der Waals surface area (Å²) in [7, 11) is 0. The van der Waals surface area contributed by atoms with E-state index in [1.54, 1.807) is 0 Å². The molecule has 0 unspecified atom stereocenters. The van der Waals surface area contributed by atoms with Gasteiger partial charge in [0.25, 0.3) is 0 Å². The van der Waals surface area contributed by atoms with E-state index in [4.69, 9.17) is 10.5 Å². The summed E-state index contributed by atoms with van der Waals surface area (Å²) >= 11 is 0. The first kappa shape index (κ1) is 14.9. The van der Waals surface area contributed by atoms with Crippen molar-refractivity contribution in [3.8, 4) is 0 Å². The van der Waals surface area contributed by atoms with Crippen LogP contribution in [0.1, 0.15) is 40.5 Å². The summed E-state index contributed by atoms with van der Waals surface area (Å²) in [6.07, 6.45) is 2.19. The zero-order valence-corrected chi connectivity index (χ0v) is 12.0. The Balaban J connectivity index is 2.38. The molecule has 3 N–H and O–H groups in total. The molecule has 0 amide bonds. The fourth-order valence-electron chi connectivity index (χ4n) is 2.11. The molecule has 0 radical (unpaired) electrons. The highest BCUT2D eigenvalue weighted by Gasteiger charge is 2.31. The van der Waals surface area contributed by atoms with E-state index in [0.717, 1.165) is 45.7 Å². The Labute approximate surface area is 106 Å². The van der Waals surface area contributed by atoms with Crippen LogP contribution in [-0.4, -0.2) is 32.8 Å². The van der Waals surface area contributed by atoms with Gasteiger partial charge in [-0.15, -0.1) is 0 Å². The monoisotopic (exact) mass is 242 g/mol. The molecule has 1 aliphatic rings. The predicted molar refractivity (Wildman–Crippen MR) is 73.0 cm³/mol. The second-order valence-corrected chi connectivity index (χ2v) is 6.56. The first-order valence-corrected chi connectivity index (χ1v) is 6.90. The maximum absolute atomic E-state index is 5.95. The fourth-order valence-corrected chi connectivity index (χ4v) is 2.11. The first-order chi connectivity index (χ1) is 7.92. The normalized spacial score (nSPS) is 20.8. The third-order valence-electron chi connectivity index (χ3n) is 4.63. The van der Waals surface area contributed by atoms with E-state index in [1.807, 2.05) is 0 Å². The molecule has 0 spiro atoms. The smallest absolute Gasteiger partial charge is 0.0472 e. The Hall–Kier alpha value is -0.120. The van der Waals surface area contributed by atoms with Crippen molar-refractivity contribution in [3.05, 3.63) is 0 Å². The molecular formula is C14H30N2O. The van der Waals surface area contributed by atoms with Crippen molar-refractivity contribution < 1.29 is 4.74 Å². The largest absolute Gasteiger partial charge is 0.381 e. The van der Waals surface area contributed by atoms with Crippen LogP contribution in [0.3, 0.4) is 0 Å². The molecule has 0 aromatic heterocycles. The predicted octanol–water partition coefficient (Wildman–Crippen LogP) is 2.01. The second kappa shape index (κ2) is 6.17. The number of ether oxygens (including phenoxy) is 1. The minimum Gasteiger partial charge on any atom is -0.381 e. The third-order valence-corrected chi connectivity index (χ3v) is 4.63. The number of nitrogens with one attached hydrogen (secondary N) is 1. The van der Waals surface area contributed by atoms with Crippen molar-refractivity contribution in [2.75, 3.05) is 32.8 Å². The van der Waals surface area contributed by atoms with Gasteiger partial charge < -0.3 is 15.8 Å². The van der Waals surface area contributed by atoms with Gasteiger partial charge in [-0.3, -0.25) is 0 Å². The van der Waals surface area contributed by atoms with Crippen LogP contribution < -0.4 is 11.1 Å². The topological polar surface area (TPSA) is 47.3 Å². The standard InChI is InChI=1S/C14H30N2O/c1-12(2)13(3,4)10-16-11-14(9-15)5-7-17-8-6-14/h12,16H,5-11,15H2,1-4H3. The summed E-state index contributed by atoms with van der Waals surface area (Å²) in [6.45, 7) is 13.8. The minimum atomic E-state index is 0.269. The molecule has 102 valence electrons. The van der Waals surface area contributed by atoms with E-state index >= 15 is 0 Å². The molecule has 0 bridgehead atoms. The molecule has 1 heterocycles. The van der Waals surface area contributed by atoms with Crippen molar-refractivity contribution >= 4 is 0 Å². The summed E-state index contributed by atoms with van der Waals surface area (Å²) in [5, 5.41) is 3.63. The lowest BCUT2D eigenvalue weighted by molar-refractivity contribution is 0.0177.